The SMILES string of the molecule is C=CCC/C=C/CCC1COC(C2CCC(C(F)(F)Oc3ccc(-c4cc(F)c(OC(F)(F)F)c(F)c4)cc3)CC2)OC1. The van der Waals surface area contributed by atoms with Crippen LogP contribution in [0, 0.1) is 29.4 Å². The molecule has 2 fully saturated rings. The Balaban J connectivity index is 1.24. The molecular formula is C32H35F7O4. The number of ether oxygens (including phenoxy) is 4. The number of rotatable bonds is 12. The molecule has 1 heterocycles. The maximum Gasteiger partial charge on any atom is 0.573 e. The number of hydrogen-bond acceptors (Lipinski definition) is 4. The highest BCUT2D eigenvalue weighted by molar-refractivity contribution is 5.65. The molecular weight excluding hydrogens is 581 g/mol. The van der Waals surface area contributed by atoms with Gasteiger partial charge in [-0.2, -0.15) is 8.78 Å². The van der Waals surface area contributed by atoms with Crippen molar-refractivity contribution in [1.29, 1.82) is 0 Å². The summed E-state index contributed by atoms with van der Waals surface area (Å²) >= 11 is 0. The molecule has 1 saturated carbocycles. The fourth-order valence-electron chi connectivity index (χ4n) is 5.40. The summed E-state index contributed by atoms with van der Waals surface area (Å²) in [6.07, 6.45) is 2.40. The van der Waals surface area contributed by atoms with Gasteiger partial charge < -0.3 is 18.9 Å². The second kappa shape index (κ2) is 14.6. The van der Waals surface area contributed by atoms with Crippen molar-refractivity contribution in [3.63, 3.8) is 0 Å². The van der Waals surface area contributed by atoms with Gasteiger partial charge in [0.05, 0.1) is 19.1 Å². The smallest absolute Gasteiger partial charge is 0.432 e. The molecule has 0 atom stereocenters. The molecule has 0 unspecified atom stereocenters. The first-order valence-corrected chi connectivity index (χ1v) is 14.4. The van der Waals surface area contributed by atoms with E-state index in [4.69, 9.17) is 14.2 Å². The summed E-state index contributed by atoms with van der Waals surface area (Å²) in [4.78, 5) is 0. The van der Waals surface area contributed by atoms with E-state index in [-0.39, 0.29) is 35.6 Å². The third-order valence-electron chi connectivity index (χ3n) is 7.73. The highest BCUT2D eigenvalue weighted by Crippen LogP contribution is 2.42. The monoisotopic (exact) mass is 616 g/mol. The molecule has 0 spiro atoms. The lowest BCUT2D eigenvalue weighted by molar-refractivity contribution is -0.276. The van der Waals surface area contributed by atoms with Crippen molar-refractivity contribution < 1.29 is 49.7 Å². The van der Waals surface area contributed by atoms with Gasteiger partial charge in [0.25, 0.3) is 0 Å². The Bertz CT molecular complexity index is 1190. The third-order valence-corrected chi connectivity index (χ3v) is 7.73. The summed E-state index contributed by atoms with van der Waals surface area (Å²) < 4.78 is 116. The summed E-state index contributed by atoms with van der Waals surface area (Å²) in [5.74, 6) is -5.52. The van der Waals surface area contributed by atoms with Crippen molar-refractivity contribution in [3.05, 3.63) is 72.8 Å². The minimum absolute atomic E-state index is 0.0276. The first-order valence-electron chi connectivity index (χ1n) is 14.4. The number of benzene rings is 2. The van der Waals surface area contributed by atoms with Crippen LogP contribution in [0.25, 0.3) is 11.1 Å². The molecule has 4 nitrogen and oxygen atoms in total. The Hall–Kier alpha value is -3.05. The van der Waals surface area contributed by atoms with E-state index >= 15 is 8.78 Å². The zero-order valence-corrected chi connectivity index (χ0v) is 23.6. The van der Waals surface area contributed by atoms with E-state index in [9.17, 15) is 22.0 Å². The number of halogens is 7. The molecule has 0 bridgehead atoms. The van der Waals surface area contributed by atoms with Crippen LogP contribution in [-0.4, -0.2) is 32.0 Å². The first-order chi connectivity index (χ1) is 20.4. The molecule has 236 valence electrons. The van der Waals surface area contributed by atoms with Gasteiger partial charge in [0, 0.05) is 11.8 Å². The zero-order chi connectivity index (χ0) is 31.0. The number of allylic oxidation sites excluding steroid dienone is 3. The Kier molecular flexibility index (Phi) is 11.2. The quantitative estimate of drug-likeness (QED) is 0.135. The second-order valence-corrected chi connectivity index (χ2v) is 10.9. The average Bonchev–Trinajstić information content (AvgIpc) is 2.97. The van der Waals surface area contributed by atoms with Gasteiger partial charge >= 0.3 is 12.5 Å². The fraction of sp³-hybridized carbons (Fsp3) is 0.500. The van der Waals surface area contributed by atoms with E-state index in [0.717, 1.165) is 25.7 Å². The van der Waals surface area contributed by atoms with E-state index < -0.39 is 42.1 Å². The van der Waals surface area contributed by atoms with Gasteiger partial charge in [-0.25, -0.2) is 8.78 Å². The summed E-state index contributed by atoms with van der Waals surface area (Å²) in [7, 11) is 0. The van der Waals surface area contributed by atoms with Gasteiger partial charge in [0.15, 0.2) is 17.9 Å². The van der Waals surface area contributed by atoms with Crippen molar-refractivity contribution in [2.45, 2.75) is 70.1 Å². The number of hydrogen-bond donors (Lipinski definition) is 0. The zero-order valence-electron chi connectivity index (χ0n) is 23.6. The average molecular weight is 617 g/mol. The molecule has 2 aliphatic rings. The first kappa shape index (κ1) is 32.9. The Morgan fingerprint density at radius 1 is 0.791 bits per heavy atom. The highest BCUT2D eigenvalue weighted by atomic mass is 19.4. The molecule has 1 aliphatic heterocycles. The van der Waals surface area contributed by atoms with Gasteiger partial charge in [-0.3, -0.25) is 0 Å². The summed E-state index contributed by atoms with van der Waals surface area (Å²) in [6, 6.07) is 6.31. The van der Waals surface area contributed by atoms with E-state index in [0.29, 0.717) is 44.1 Å². The van der Waals surface area contributed by atoms with Gasteiger partial charge in [-0.1, -0.05) is 30.4 Å². The number of unbranched alkanes of at least 4 members (excludes halogenated alkanes) is 1. The minimum atomic E-state index is -5.27. The number of alkyl halides is 5. The Labute approximate surface area is 246 Å². The van der Waals surface area contributed by atoms with Crippen LogP contribution in [0.1, 0.15) is 51.4 Å². The van der Waals surface area contributed by atoms with Gasteiger partial charge in [-0.15, -0.1) is 19.8 Å². The van der Waals surface area contributed by atoms with Crippen molar-refractivity contribution in [1.82, 2.24) is 0 Å². The molecule has 0 radical (unpaired) electrons. The summed E-state index contributed by atoms with van der Waals surface area (Å²) in [6.45, 7) is 4.88. The fourth-order valence-corrected chi connectivity index (χ4v) is 5.40. The predicted molar refractivity (Wildman–Crippen MR) is 146 cm³/mol. The van der Waals surface area contributed by atoms with Crippen LogP contribution in [0.15, 0.2) is 61.2 Å². The van der Waals surface area contributed by atoms with Gasteiger partial charge in [0.2, 0.25) is 5.75 Å². The van der Waals surface area contributed by atoms with Crippen molar-refractivity contribution >= 4 is 0 Å². The Morgan fingerprint density at radius 3 is 1.98 bits per heavy atom. The normalized spacial score (nSPS) is 23.3. The van der Waals surface area contributed by atoms with E-state index in [2.05, 4.69) is 23.5 Å². The van der Waals surface area contributed by atoms with Crippen LogP contribution < -0.4 is 9.47 Å². The van der Waals surface area contributed by atoms with Crippen molar-refractivity contribution in [2.75, 3.05) is 13.2 Å². The summed E-state index contributed by atoms with van der Waals surface area (Å²) in [5, 5.41) is 0. The molecule has 0 amide bonds. The van der Waals surface area contributed by atoms with Crippen molar-refractivity contribution in [2.24, 2.45) is 17.8 Å². The minimum Gasteiger partial charge on any atom is -0.432 e. The largest absolute Gasteiger partial charge is 0.573 e. The van der Waals surface area contributed by atoms with E-state index in [1.165, 1.54) is 24.3 Å². The molecule has 0 aromatic heterocycles. The standard InChI is InChI=1S/C32H35F7O4/c1-2-3-4-5-6-7-8-21-19-40-30(41-20-21)23-9-13-25(14-10-23)31(35,36)42-26-15-11-22(12-16-26)24-17-27(33)29(28(34)18-24)43-32(37,38)39/h2,5-6,11-12,15-18,21,23,25,30H,1,3-4,7-10,13-14,19-20H2/b6-5+. The van der Waals surface area contributed by atoms with E-state index in [1.54, 1.807) is 0 Å². The Morgan fingerprint density at radius 2 is 1.40 bits per heavy atom. The molecule has 4 rings (SSSR count). The van der Waals surface area contributed by atoms with Crippen LogP contribution in [-0.2, 0) is 9.47 Å². The lowest BCUT2D eigenvalue weighted by Crippen LogP contribution is -2.42. The van der Waals surface area contributed by atoms with Crippen LogP contribution in [0.2, 0.25) is 0 Å². The molecule has 2 aromatic carbocycles. The van der Waals surface area contributed by atoms with Gasteiger partial charge in [0.1, 0.15) is 5.75 Å². The molecule has 0 N–H and O–H groups in total. The van der Waals surface area contributed by atoms with Crippen LogP contribution >= 0.6 is 0 Å². The topological polar surface area (TPSA) is 36.9 Å². The third kappa shape index (κ3) is 9.47. The van der Waals surface area contributed by atoms with Crippen molar-refractivity contribution in [3.8, 4) is 22.6 Å². The van der Waals surface area contributed by atoms with Gasteiger partial charge in [-0.05, 0) is 86.8 Å². The van der Waals surface area contributed by atoms with Crippen LogP contribution in [0.4, 0.5) is 30.7 Å². The molecule has 1 saturated heterocycles. The maximum absolute atomic E-state index is 15.0. The lowest BCUT2D eigenvalue weighted by atomic mass is 9.80. The molecule has 43 heavy (non-hydrogen) atoms. The molecule has 2 aromatic rings. The summed E-state index contributed by atoms with van der Waals surface area (Å²) in [5.41, 5.74) is 0.0814. The molecule has 11 heteroatoms. The lowest BCUT2D eigenvalue weighted by Gasteiger charge is -2.39. The molecule has 1 aliphatic carbocycles. The second-order valence-electron chi connectivity index (χ2n) is 10.9. The highest BCUT2D eigenvalue weighted by Gasteiger charge is 2.45. The van der Waals surface area contributed by atoms with E-state index in [1.807, 2.05) is 6.08 Å². The maximum atomic E-state index is 15.0. The van der Waals surface area contributed by atoms with Crippen LogP contribution in [0.5, 0.6) is 11.5 Å². The predicted octanol–water partition coefficient (Wildman–Crippen LogP) is 9.60. The van der Waals surface area contributed by atoms with Crippen LogP contribution in [0.3, 0.4) is 0 Å².